The minimum Gasteiger partial charge on any atom is -0.333 e. The second-order valence-corrected chi connectivity index (χ2v) is 7.12. The zero-order valence-electron chi connectivity index (χ0n) is 10.6. The maximum Gasteiger partial charge on any atom is 0.321 e. The van der Waals surface area contributed by atoms with Crippen molar-refractivity contribution in [2.75, 3.05) is 5.75 Å². The van der Waals surface area contributed by atoms with Crippen molar-refractivity contribution in [1.82, 2.24) is 20.8 Å². The number of imide groups is 1. The molecule has 0 fully saturated rings. The van der Waals surface area contributed by atoms with Gasteiger partial charge in [-0.25, -0.2) is 4.79 Å². The first-order chi connectivity index (χ1) is 9.63. The van der Waals surface area contributed by atoms with E-state index in [0.29, 0.717) is 6.54 Å². The highest BCUT2D eigenvalue weighted by Gasteiger charge is 2.10. The molecule has 9 heteroatoms. The molecule has 0 aliphatic carbocycles. The largest absolute Gasteiger partial charge is 0.333 e. The van der Waals surface area contributed by atoms with Gasteiger partial charge in [-0.3, -0.25) is 10.1 Å². The number of hydrogen-bond donors (Lipinski definition) is 2. The molecule has 0 aromatic carbocycles. The number of carbonyl (C=O) groups excluding carboxylic acids is 2. The number of thioether (sulfide) groups is 1. The number of nitrogens with zero attached hydrogens (tertiary/aromatic N) is 2. The first kappa shape index (κ1) is 14.9. The minimum absolute atomic E-state index is 0.140. The van der Waals surface area contributed by atoms with E-state index in [1.807, 2.05) is 24.4 Å². The van der Waals surface area contributed by atoms with Crippen LogP contribution in [-0.4, -0.2) is 27.9 Å². The molecule has 106 valence electrons. The summed E-state index contributed by atoms with van der Waals surface area (Å²) in [5.41, 5.74) is 0. The molecule has 0 atom stereocenters. The molecule has 0 unspecified atom stereocenters. The summed E-state index contributed by atoms with van der Waals surface area (Å²) in [6.45, 7) is 2.26. The van der Waals surface area contributed by atoms with E-state index < -0.39 is 6.03 Å². The molecule has 2 aromatic rings. The highest BCUT2D eigenvalue weighted by Crippen LogP contribution is 2.21. The fourth-order valence-electron chi connectivity index (χ4n) is 1.25. The molecule has 0 saturated carbocycles. The fraction of sp³-hybridized carbons (Fsp3) is 0.273. The lowest BCUT2D eigenvalue weighted by atomic mass is 10.5. The molecule has 2 rings (SSSR count). The minimum atomic E-state index is -0.488. The summed E-state index contributed by atoms with van der Waals surface area (Å²) in [5.74, 6) is -0.215. The van der Waals surface area contributed by atoms with Crippen LogP contribution in [0.15, 0.2) is 21.9 Å². The molecule has 3 amide bonds. The predicted molar refractivity (Wildman–Crippen MR) is 80.1 cm³/mol. The van der Waals surface area contributed by atoms with Gasteiger partial charge in [-0.2, -0.15) is 0 Å². The average Bonchev–Trinajstić information content (AvgIpc) is 3.05. The van der Waals surface area contributed by atoms with Crippen LogP contribution >= 0.6 is 34.4 Å². The van der Waals surface area contributed by atoms with E-state index in [-0.39, 0.29) is 11.7 Å². The number of hydrogen-bond acceptors (Lipinski definition) is 7. The average molecular weight is 328 g/mol. The number of aryl methyl sites for hydroxylation is 1. The summed E-state index contributed by atoms with van der Waals surface area (Å²) in [4.78, 5) is 24.1. The molecule has 0 saturated heterocycles. The van der Waals surface area contributed by atoms with Crippen LogP contribution in [0.4, 0.5) is 4.79 Å². The molecular weight excluding hydrogens is 316 g/mol. The molecule has 0 spiro atoms. The van der Waals surface area contributed by atoms with Crippen molar-refractivity contribution in [2.45, 2.75) is 17.8 Å². The van der Waals surface area contributed by atoms with Gasteiger partial charge in [0, 0.05) is 4.88 Å². The first-order valence-electron chi connectivity index (χ1n) is 5.66. The second kappa shape index (κ2) is 7.36. The SMILES string of the molecule is Cc1nnc(SCC(=O)NC(=O)NCc2cccs2)s1. The van der Waals surface area contributed by atoms with Crippen LogP contribution in [0.5, 0.6) is 0 Å². The molecule has 0 aliphatic rings. The van der Waals surface area contributed by atoms with Crippen LogP contribution in [0.3, 0.4) is 0 Å². The lowest BCUT2D eigenvalue weighted by Gasteiger charge is -2.04. The van der Waals surface area contributed by atoms with Gasteiger partial charge in [-0.15, -0.1) is 21.5 Å². The summed E-state index contributed by atoms with van der Waals surface area (Å²) >= 11 is 4.23. The molecule has 0 radical (unpaired) electrons. The van der Waals surface area contributed by atoms with E-state index in [1.54, 1.807) is 11.3 Å². The van der Waals surface area contributed by atoms with Crippen molar-refractivity contribution in [3.05, 3.63) is 27.4 Å². The fourth-order valence-corrected chi connectivity index (χ4v) is 3.51. The van der Waals surface area contributed by atoms with Crippen molar-refractivity contribution < 1.29 is 9.59 Å². The smallest absolute Gasteiger partial charge is 0.321 e. The lowest BCUT2D eigenvalue weighted by Crippen LogP contribution is -2.39. The van der Waals surface area contributed by atoms with Gasteiger partial charge < -0.3 is 5.32 Å². The van der Waals surface area contributed by atoms with Gasteiger partial charge in [-0.05, 0) is 18.4 Å². The van der Waals surface area contributed by atoms with E-state index in [0.717, 1.165) is 14.2 Å². The quantitative estimate of drug-likeness (QED) is 0.821. The zero-order chi connectivity index (χ0) is 14.4. The third-order valence-corrected chi connectivity index (χ3v) is 4.94. The number of thiophene rings is 1. The molecule has 0 bridgehead atoms. The summed E-state index contributed by atoms with van der Waals surface area (Å²) in [7, 11) is 0. The van der Waals surface area contributed by atoms with E-state index in [1.165, 1.54) is 23.1 Å². The van der Waals surface area contributed by atoms with Crippen molar-refractivity contribution in [3.8, 4) is 0 Å². The van der Waals surface area contributed by atoms with Crippen LogP contribution in [0.2, 0.25) is 0 Å². The molecule has 6 nitrogen and oxygen atoms in total. The van der Waals surface area contributed by atoms with E-state index >= 15 is 0 Å². The third kappa shape index (κ3) is 4.91. The van der Waals surface area contributed by atoms with Gasteiger partial charge in [0.15, 0.2) is 4.34 Å². The Morgan fingerprint density at radius 3 is 2.90 bits per heavy atom. The predicted octanol–water partition coefficient (Wildman–Crippen LogP) is 2.03. The lowest BCUT2D eigenvalue weighted by molar-refractivity contribution is -0.117. The normalized spacial score (nSPS) is 10.2. The van der Waals surface area contributed by atoms with Gasteiger partial charge >= 0.3 is 6.03 Å². The highest BCUT2D eigenvalue weighted by atomic mass is 32.2. The Labute approximate surface area is 128 Å². The van der Waals surface area contributed by atoms with E-state index in [2.05, 4.69) is 20.8 Å². The topological polar surface area (TPSA) is 84.0 Å². The van der Waals surface area contributed by atoms with Gasteiger partial charge in [0.2, 0.25) is 5.91 Å². The number of nitrogens with one attached hydrogen (secondary N) is 2. The summed E-state index contributed by atoms with van der Waals surface area (Å²) < 4.78 is 0.719. The van der Waals surface area contributed by atoms with Gasteiger partial charge in [0.25, 0.3) is 0 Å². The number of urea groups is 1. The Balaban J connectivity index is 1.67. The maximum atomic E-state index is 11.6. The second-order valence-electron chi connectivity index (χ2n) is 3.69. The van der Waals surface area contributed by atoms with Crippen LogP contribution in [0.25, 0.3) is 0 Å². The van der Waals surface area contributed by atoms with Gasteiger partial charge in [0.1, 0.15) is 5.01 Å². The Morgan fingerprint density at radius 2 is 2.25 bits per heavy atom. The van der Waals surface area contributed by atoms with Crippen molar-refractivity contribution in [1.29, 1.82) is 0 Å². The van der Waals surface area contributed by atoms with E-state index in [9.17, 15) is 9.59 Å². The van der Waals surface area contributed by atoms with Crippen molar-refractivity contribution in [2.24, 2.45) is 0 Å². The van der Waals surface area contributed by atoms with Crippen LogP contribution in [0.1, 0.15) is 9.88 Å². The Kier molecular flexibility index (Phi) is 5.50. The molecule has 2 heterocycles. The summed E-state index contributed by atoms with van der Waals surface area (Å²) in [6.07, 6.45) is 0. The summed E-state index contributed by atoms with van der Waals surface area (Å²) in [6, 6.07) is 3.34. The number of amides is 3. The first-order valence-corrected chi connectivity index (χ1v) is 8.34. The third-order valence-electron chi connectivity index (χ3n) is 2.09. The Morgan fingerprint density at radius 1 is 1.40 bits per heavy atom. The highest BCUT2D eigenvalue weighted by molar-refractivity contribution is 8.01. The Hall–Kier alpha value is -1.45. The molecule has 0 aliphatic heterocycles. The number of aromatic nitrogens is 2. The van der Waals surface area contributed by atoms with Gasteiger partial charge in [0.05, 0.1) is 12.3 Å². The number of carbonyl (C=O) groups is 2. The molecule has 2 N–H and O–H groups in total. The van der Waals surface area contributed by atoms with Gasteiger partial charge in [-0.1, -0.05) is 29.2 Å². The zero-order valence-corrected chi connectivity index (χ0v) is 13.0. The van der Waals surface area contributed by atoms with Crippen molar-refractivity contribution >= 4 is 46.4 Å². The molecule has 2 aromatic heterocycles. The summed E-state index contributed by atoms with van der Waals surface area (Å²) in [5, 5.41) is 15.4. The standard InChI is InChI=1S/C11H12N4O2S3/c1-7-14-15-11(20-7)19-6-9(16)13-10(17)12-5-8-3-2-4-18-8/h2-4H,5-6H2,1H3,(H2,12,13,16,17). The maximum absolute atomic E-state index is 11.6. The van der Waals surface area contributed by atoms with Crippen LogP contribution in [-0.2, 0) is 11.3 Å². The van der Waals surface area contributed by atoms with Crippen LogP contribution < -0.4 is 10.6 Å². The monoisotopic (exact) mass is 328 g/mol. The van der Waals surface area contributed by atoms with Crippen molar-refractivity contribution in [3.63, 3.8) is 0 Å². The molecular formula is C11H12N4O2S3. The molecule has 20 heavy (non-hydrogen) atoms. The number of rotatable bonds is 5. The Bertz CT molecular complexity index is 582. The van der Waals surface area contributed by atoms with E-state index in [4.69, 9.17) is 0 Å². The van der Waals surface area contributed by atoms with Crippen LogP contribution in [0, 0.1) is 6.92 Å².